The highest BCUT2D eigenvalue weighted by Gasteiger charge is 2.27. The number of alkyl halides is 3. The maximum absolute atomic E-state index is 11.8. The SMILES string of the molecule is O=C(CCc1nc2ccccc2s1)NCCOCC(F)(F)F. The topological polar surface area (TPSA) is 51.2 Å². The second kappa shape index (κ2) is 7.55. The Kier molecular flexibility index (Phi) is 5.73. The number of carbonyl (C=O) groups excluding carboxylic acids is 1. The van der Waals surface area contributed by atoms with E-state index in [1.165, 1.54) is 11.3 Å². The smallest absolute Gasteiger partial charge is 0.370 e. The number of nitrogens with zero attached hydrogens (tertiary/aromatic N) is 1. The lowest BCUT2D eigenvalue weighted by molar-refractivity contribution is -0.173. The molecule has 0 saturated carbocycles. The van der Waals surface area contributed by atoms with E-state index in [-0.39, 0.29) is 25.5 Å². The van der Waals surface area contributed by atoms with Gasteiger partial charge in [0.2, 0.25) is 5.91 Å². The van der Waals surface area contributed by atoms with E-state index in [1.54, 1.807) is 0 Å². The molecule has 0 aliphatic heterocycles. The first-order valence-corrected chi connectivity index (χ1v) is 7.51. The lowest BCUT2D eigenvalue weighted by Crippen LogP contribution is -2.29. The second-order valence-corrected chi connectivity index (χ2v) is 5.71. The van der Waals surface area contributed by atoms with E-state index < -0.39 is 12.8 Å². The van der Waals surface area contributed by atoms with Gasteiger partial charge in [0.1, 0.15) is 6.61 Å². The van der Waals surface area contributed by atoms with Gasteiger partial charge in [0.25, 0.3) is 0 Å². The highest BCUT2D eigenvalue weighted by molar-refractivity contribution is 7.18. The van der Waals surface area contributed by atoms with Crippen LogP contribution in [0.3, 0.4) is 0 Å². The highest BCUT2D eigenvalue weighted by atomic mass is 32.1. The number of fused-ring (bicyclic) bond motifs is 1. The Hall–Kier alpha value is -1.67. The molecule has 1 N–H and O–H groups in total. The first-order valence-electron chi connectivity index (χ1n) is 6.70. The van der Waals surface area contributed by atoms with Crippen LogP contribution in [0.25, 0.3) is 10.2 Å². The van der Waals surface area contributed by atoms with Crippen molar-refractivity contribution in [2.75, 3.05) is 19.8 Å². The van der Waals surface area contributed by atoms with Crippen molar-refractivity contribution in [2.45, 2.75) is 19.0 Å². The molecule has 8 heteroatoms. The van der Waals surface area contributed by atoms with Crippen molar-refractivity contribution in [1.82, 2.24) is 10.3 Å². The maximum Gasteiger partial charge on any atom is 0.411 e. The number of aryl methyl sites for hydroxylation is 1. The number of amides is 1. The average molecular weight is 332 g/mol. The molecular weight excluding hydrogens is 317 g/mol. The molecule has 0 aliphatic rings. The Labute approximate surface area is 129 Å². The molecule has 2 rings (SSSR count). The van der Waals surface area contributed by atoms with Crippen LogP contribution in [-0.4, -0.2) is 36.8 Å². The molecule has 0 saturated heterocycles. The van der Waals surface area contributed by atoms with Crippen LogP contribution in [0.4, 0.5) is 13.2 Å². The molecule has 1 heterocycles. The Morgan fingerprint density at radius 2 is 2.09 bits per heavy atom. The first-order chi connectivity index (χ1) is 10.4. The largest absolute Gasteiger partial charge is 0.411 e. The summed E-state index contributed by atoms with van der Waals surface area (Å²) in [4.78, 5) is 16.0. The Bertz CT molecular complexity index is 595. The third-order valence-corrected chi connectivity index (χ3v) is 3.83. The third kappa shape index (κ3) is 5.61. The number of thiazole rings is 1. The van der Waals surface area contributed by atoms with Crippen LogP contribution in [0, 0.1) is 0 Å². The van der Waals surface area contributed by atoms with E-state index in [0.717, 1.165) is 15.2 Å². The van der Waals surface area contributed by atoms with Gasteiger partial charge in [0.15, 0.2) is 0 Å². The molecule has 0 fully saturated rings. The number of aromatic nitrogens is 1. The number of nitrogens with one attached hydrogen (secondary N) is 1. The number of ether oxygens (including phenoxy) is 1. The molecule has 0 unspecified atom stereocenters. The summed E-state index contributed by atoms with van der Waals surface area (Å²) in [5.41, 5.74) is 0.906. The summed E-state index contributed by atoms with van der Waals surface area (Å²) < 4.78 is 40.9. The predicted octanol–water partition coefficient (Wildman–Crippen LogP) is 2.92. The van der Waals surface area contributed by atoms with Crippen molar-refractivity contribution < 1.29 is 22.7 Å². The zero-order valence-corrected chi connectivity index (χ0v) is 12.5. The van der Waals surface area contributed by atoms with E-state index in [1.807, 2.05) is 24.3 Å². The van der Waals surface area contributed by atoms with Crippen molar-refractivity contribution in [3.63, 3.8) is 0 Å². The van der Waals surface area contributed by atoms with Gasteiger partial charge in [-0.2, -0.15) is 13.2 Å². The number of rotatable bonds is 7. The fourth-order valence-corrected chi connectivity index (χ4v) is 2.75. The third-order valence-electron chi connectivity index (χ3n) is 2.74. The molecule has 0 aliphatic carbocycles. The van der Waals surface area contributed by atoms with Crippen LogP contribution in [0.1, 0.15) is 11.4 Å². The molecule has 2 aromatic rings. The van der Waals surface area contributed by atoms with E-state index in [2.05, 4.69) is 15.0 Å². The van der Waals surface area contributed by atoms with Crippen molar-refractivity contribution in [1.29, 1.82) is 0 Å². The van der Waals surface area contributed by atoms with Gasteiger partial charge >= 0.3 is 6.18 Å². The normalized spacial score (nSPS) is 11.8. The highest BCUT2D eigenvalue weighted by Crippen LogP contribution is 2.22. The zero-order valence-electron chi connectivity index (χ0n) is 11.7. The molecule has 120 valence electrons. The molecule has 0 radical (unpaired) electrons. The van der Waals surface area contributed by atoms with Crippen LogP contribution < -0.4 is 5.32 Å². The van der Waals surface area contributed by atoms with Crippen LogP contribution in [0.5, 0.6) is 0 Å². The summed E-state index contributed by atoms with van der Waals surface area (Å²) >= 11 is 1.53. The number of hydrogen-bond acceptors (Lipinski definition) is 4. The summed E-state index contributed by atoms with van der Waals surface area (Å²) in [7, 11) is 0. The molecular formula is C14H15F3N2O2S. The molecule has 22 heavy (non-hydrogen) atoms. The summed E-state index contributed by atoms with van der Waals surface area (Å²) in [6.07, 6.45) is -3.58. The van der Waals surface area contributed by atoms with Gasteiger partial charge < -0.3 is 10.1 Å². The van der Waals surface area contributed by atoms with E-state index in [0.29, 0.717) is 6.42 Å². The van der Waals surface area contributed by atoms with E-state index in [9.17, 15) is 18.0 Å². The van der Waals surface area contributed by atoms with Gasteiger partial charge in [-0.15, -0.1) is 11.3 Å². The van der Waals surface area contributed by atoms with Gasteiger partial charge in [0.05, 0.1) is 21.8 Å². The fourth-order valence-electron chi connectivity index (χ4n) is 1.79. The Balaban J connectivity index is 1.65. The molecule has 4 nitrogen and oxygen atoms in total. The van der Waals surface area contributed by atoms with Crippen molar-refractivity contribution in [3.8, 4) is 0 Å². The zero-order chi connectivity index (χ0) is 16.0. The molecule has 1 aromatic heterocycles. The van der Waals surface area contributed by atoms with E-state index >= 15 is 0 Å². The fraction of sp³-hybridized carbons (Fsp3) is 0.429. The van der Waals surface area contributed by atoms with Gasteiger partial charge in [-0.1, -0.05) is 12.1 Å². The van der Waals surface area contributed by atoms with Gasteiger partial charge in [-0.3, -0.25) is 4.79 Å². The number of benzene rings is 1. The molecule has 0 bridgehead atoms. The predicted molar refractivity (Wildman–Crippen MR) is 77.8 cm³/mol. The Morgan fingerprint density at radius 3 is 2.82 bits per heavy atom. The number of para-hydroxylation sites is 1. The van der Waals surface area contributed by atoms with Gasteiger partial charge in [-0.25, -0.2) is 4.98 Å². The van der Waals surface area contributed by atoms with Gasteiger partial charge in [0, 0.05) is 19.4 Å². The summed E-state index contributed by atoms with van der Waals surface area (Å²) in [6.45, 7) is -1.39. The number of carbonyl (C=O) groups is 1. The van der Waals surface area contributed by atoms with Crippen LogP contribution in [0.2, 0.25) is 0 Å². The molecule has 1 amide bonds. The summed E-state index contributed by atoms with van der Waals surface area (Å²) in [5, 5.41) is 3.38. The number of hydrogen-bond donors (Lipinski definition) is 1. The molecule has 0 atom stereocenters. The lowest BCUT2D eigenvalue weighted by Gasteiger charge is -2.08. The van der Waals surface area contributed by atoms with Crippen LogP contribution in [0.15, 0.2) is 24.3 Å². The summed E-state index contributed by atoms with van der Waals surface area (Å²) in [5.74, 6) is -0.227. The minimum Gasteiger partial charge on any atom is -0.370 e. The van der Waals surface area contributed by atoms with Crippen LogP contribution in [-0.2, 0) is 16.0 Å². The van der Waals surface area contributed by atoms with Crippen molar-refractivity contribution >= 4 is 27.5 Å². The second-order valence-electron chi connectivity index (χ2n) is 4.59. The van der Waals surface area contributed by atoms with Crippen molar-refractivity contribution in [3.05, 3.63) is 29.3 Å². The minimum absolute atomic E-state index is 0.0642. The van der Waals surface area contributed by atoms with Crippen molar-refractivity contribution in [2.24, 2.45) is 0 Å². The van der Waals surface area contributed by atoms with E-state index in [4.69, 9.17) is 0 Å². The lowest BCUT2D eigenvalue weighted by atomic mass is 10.3. The van der Waals surface area contributed by atoms with Crippen LogP contribution >= 0.6 is 11.3 Å². The quantitative estimate of drug-likeness (QED) is 0.793. The molecule has 0 spiro atoms. The maximum atomic E-state index is 11.8. The molecule has 1 aromatic carbocycles. The number of halogens is 3. The summed E-state index contributed by atoms with van der Waals surface area (Å²) in [6, 6.07) is 7.71. The minimum atomic E-state index is -4.34. The standard InChI is InChI=1S/C14H15F3N2O2S/c15-14(16,17)9-21-8-7-18-12(20)5-6-13-19-10-3-1-2-4-11(10)22-13/h1-4H,5-9H2,(H,18,20). The van der Waals surface area contributed by atoms with Gasteiger partial charge in [-0.05, 0) is 12.1 Å². The average Bonchev–Trinajstić information content (AvgIpc) is 2.86. The first kappa shape index (κ1) is 16.7. The monoisotopic (exact) mass is 332 g/mol. The Morgan fingerprint density at radius 1 is 1.32 bits per heavy atom.